The Hall–Kier alpha value is -2.52. The van der Waals surface area contributed by atoms with Crippen molar-refractivity contribution in [3.8, 4) is 0 Å². The first-order chi connectivity index (χ1) is 18.8. The zero-order valence-corrected chi connectivity index (χ0v) is 24.6. The van der Waals surface area contributed by atoms with Gasteiger partial charge in [-0.2, -0.15) is 0 Å². The van der Waals surface area contributed by atoms with Crippen LogP contribution in [-0.4, -0.2) is 62.1 Å². The van der Waals surface area contributed by atoms with Gasteiger partial charge < -0.3 is 29.9 Å². The average Bonchev–Trinajstić information content (AvgIpc) is 2.90. The fourth-order valence-electron chi connectivity index (χ4n) is 5.18. The van der Waals surface area contributed by atoms with Crippen LogP contribution in [0.3, 0.4) is 0 Å². The third-order valence-electron chi connectivity index (χ3n) is 7.95. The highest BCUT2D eigenvalue weighted by Crippen LogP contribution is 2.46. The van der Waals surface area contributed by atoms with Crippen LogP contribution < -0.4 is 0 Å². The molecule has 0 aromatic rings. The highest BCUT2D eigenvalue weighted by atomic mass is 16.7. The molecule has 8 heteroatoms. The Morgan fingerprint density at radius 3 is 2.38 bits per heavy atom. The van der Waals surface area contributed by atoms with Crippen LogP contribution in [0, 0.1) is 11.8 Å². The number of ether oxygens (including phenoxy) is 2. The highest BCUT2D eigenvalue weighted by Gasteiger charge is 2.51. The van der Waals surface area contributed by atoms with Gasteiger partial charge in [-0.1, -0.05) is 75.6 Å². The molecule has 2 rings (SSSR count). The maximum atomic E-state index is 11.5. The molecular formula is C32H48O8. The minimum Gasteiger partial charge on any atom is -0.478 e. The summed E-state index contributed by atoms with van der Waals surface area (Å²) in [5.74, 6) is -2.89. The van der Waals surface area contributed by atoms with Crippen molar-refractivity contribution < 1.29 is 39.5 Å². The van der Waals surface area contributed by atoms with E-state index in [1.54, 1.807) is 32.1 Å². The molecular weight excluding hydrogens is 512 g/mol. The molecule has 0 saturated carbocycles. The lowest BCUT2D eigenvalue weighted by molar-refractivity contribution is -0.343. The predicted molar refractivity (Wildman–Crippen MR) is 155 cm³/mol. The summed E-state index contributed by atoms with van der Waals surface area (Å²) in [6.45, 7) is 9.65. The van der Waals surface area contributed by atoms with Crippen LogP contribution in [0.15, 0.2) is 59.8 Å². The number of carbonyl (C=O) groups is 2. The number of carboxylic acid groups (broad SMARTS) is 2. The van der Waals surface area contributed by atoms with E-state index < -0.39 is 35.5 Å². The van der Waals surface area contributed by atoms with Crippen molar-refractivity contribution in [1.29, 1.82) is 0 Å². The van der Waals surface area contributed by atoms with Crippen LogP contribution in [0.4, 0.5) is 0 Å². The molecule has 0 aromatic carbocycles. The molecule has 0 aromatic heterocycles. The average molecular weight is 561 g/mol. The van der Waals surface area contributed by atoms with Crippen molar-refractivity contribution in [3.05, 3.63) is 59.8 Å². The van der Waals surface area contributed by atoms with E-state index in [0.29, 0.717) is 37.2 Å². The summed E-state index contributed by atoms with van der Waals surface area (Å²) in [6, 6.07) is 0. The molecule has 0 bridgehead atoms. The van der Waals surface area contributed by atoms with Gasteiger partial charge in [-0.15, -0.1) is 0 Å². The maximum Gasteiger partial charge on any atom is 0.328 e. The highest BCUT2D eigenvalue weighted by molar-refractivity contribution is 5.81. The summed E-state index contributed by atoms with van der Waals surface area (Å²) in [4.78, 5) is 21.7. The first-order valence-electron chi connectivity index (χ1n) is 14.4. The van der Waals surface area contributed by atoms with E-state index in [9.17, 15) is 19.8 Å². The topological polar surface area (TPSA) is 134 Å². The lowest BCUT2D eigenvalue weighted by atomic mass is 9.78. The Labute approximate surface area is 238 Å². The Kier molecular flexibility index (Phi) is 13.0. The molecule has 0 radical (unpaired) electrons. The van der Waals surface area contributed by atoms with Crippen LogP contribution in [0.2, 0.25) is 0 Å². The van der Waals surface area contributed by atoms with Crippen molar-refractivity contribution in [2.75, 3.05) is 0 Å². The Bertz CT molecular complexity index is 1010. The minimum atomic E-state index is -1.04. The second-order valence-corrected chi connectivity index (χ2v) is 11.5. The lowest BCUT2D eigenvalue weighted by Gasteiger charge is -2.52. The van der Waals surface area contributed by atoms with E-state index in [-0.39, 0.29) is 12.0 Å². The number of aliphatic carboxylic acids is 2. The van der Waals surface area contributed by atoms with E-state index in [2.05, 4.69) is 19.9 Å². The Morgan fingerprint density at radius 2 is 1.73 bits per heavy atom. The first kappa shape index (κ1) is 33.7. The molecule has 7 unspecified atom stereocenters. The summed E-state index contributed by atoms with van der Waals surface area (Å²) in [5.41, 5.74) is 0.488. The van der Waals surface area contributed by atoms with Gasteiger partial charge >= 0.3 is 11.9 Å². The van der Waals surface area contributed by atoms with Crippen molar-refractivity contribution in [2.45, 2.75) is 116 Å². The van der Waals surface area contributed by atoms with Crippen molar-refractivity contribution in [3.63, 3.8) is 0 Å². The minimum absolute atomic E-state index is 0.0837. The van der Waals surface area contributed by atoms with Gasteiger partial charge in [0.05, 0.1) is 17.8 Å². The molecule has 224 valence electrons. The number of hydrogen-bond acceptors (Lipinski definition) is 6. The summed E-state index contributed by atoms with van der Waals surface area (Å²) in [5, 5.41) is 39.6. The van der Waals surface area contributed by atoms with E-state index in [0.717, 1.165) is 43.4 Å². The summed E-state index contributed by atoms with van der Waals surface area (Å²) in [6.07, 6.45) is 17.0. The SMILES string of the molecule is CCCCC1(O)CCC2(CCC(C)C(C/C=C(C)/C=C/C(O)C(C)/C=C/C(=O)O)O2)OC1/C=C/C(C)=C/C(=O)O. The normalized spacial score (nSPS) is 31.8. The molecule has 0 amide bonds. The molecule has 40 heavy (non-hydrogen) atoms. The fraction of sp³-hybridized carbons (Fsp3) is 0.625. The van der Waals surface area contributed by atoms with Gasteiger partial charge in [-0.05, 0) is 51.0 Å². The molecule has 7 atom stereocenters. The second kappa shape index (κ2) is 15.5. The summed E-state index contributed by atoms with van der Waals surface area (Å²) in [7, 11) is 0. The quantitative estimate of drug-likeness (QED) is 0.166. The van der Waals surface area contributed by atoms with E-state index in [4.69, 9.17) is 19.7 Å². The molecule has 4 N–H and O–H groups in total. The molecule has 1 spiro atoms. The summed E-state index contributed by atoms with van der Waals surface area (Å²) < 4.78 is 13.2. The zero-order chi connectivity index (χ0) is 29.9. The van der Waals surface area contributed by atoms with Gasteiger partial charge in [-0.25, -0.2) is 9.59 Å². The molecule has 2 aliphatic rings. The number of aliphatic hydroxyl groups is 2. The third kappa shape index (κ3) is 10.5. The number of unbranched alkanes of at least 4 members (excludes halogenated alkanes) is 1. The number of carboxylic acids is 2. The third-order valence-corrected chi connectivity index (χ3v) is 7.95. The smallest absolute Gasteiger partial charge is 0.328 e. The van der Waals surface area contributed by atoms with Crippen LogP contribution >= 0.6 is 0 Å². The number of aliphatic hydroxyl groups excluding tert-OH is 1. The van der Waals surface area contributed by atoms with E-state index in [1.807, 2.05) is 13.0 Å². The van der Waals surface area contributed by atoms with Gasteiger partial charge in [0.25, 0.3) is 0 Å². The van der Waals surface area contributed by atoms with Crippen LogP contribution in [0.25, 0.3) is 0 Å². The maximum absolute atomic E-state index is 11.5. The Morgan fingerprint density at radius 1 is 1.00 bits per heavy atom. The van der Waals surface area contributed by atoms with Gasteiger partial charge in [0.2, 0.25) is 0 Å². The lowest BCUT2D eigenvalue weighted by Crippen LogP contribution is -2.58. The molecule has 2 saturated heterocycles. The monoisotopic (exact) mass is 560 g/mol. The van der Waals surface area contributed by atoms with Crippen molar-refractivity contribution in [2.24, 2.45) is 11.8 Å². The van der Waals surface area contributed by atoms with Gasteiger partial charge in [0, 0.05) is 30.9 Å². The molecule has 2 aliphatic heterocycles. The first-order valence-corrected chi connectivity index (χ1v) is 14.4. The second-order valence-electron chi connectivity index (χ2n) is 11.5. The van der Waals surface area contributed by atoms with Crippen LogP contribution in [-0.2, 0) is 19.1 Å². The van der Waals surface area contributed by atoms with Crippen molar-refractivity contribution >= 4 is 11.9 Å². The predicted octanol–water partition coefficient (Wildman–Crippen LogP) is 5.72. The van der Waals surface area contributed by atoms with Crippen LogP contribution in [0.5, 0.6) is 0 Å². The van der Waals surface area contributed by atoms with E-state index >= 15 is 0 Å². The molecule has 2 heterocycles. The van der Waals surface area contributed by atoms with Gasteiger partial charge in [0.1, 0.15) is 6.10 Å². The van der Waals surface area contributed by atoms with Crippen LogP contribution in [0.1, 0.15) is 86.0 Å². The molecule has 2 fully saturated rings. The largest absolute Gasteiger partial charge is 0.478 e. The van der Waals surface area contributed by atoms with Gasteiger partial charge in [0.15, 0.2) is 5.79 Å². The summed E-state index contributed by atoms with van der Waals surface area (Å²) >= 11 is 0. The number of allylic oxidation sites excluding steroid dienone is 4. The molecule has 0 aliphatic carbocycles. The zero-order valence-electron chi connectivity index (χ0n) is 24.6. The number of rotatable bonds is 13. The standard InChI is InChI=1S/C32H48O8/c1-6-7-17-31(38)19-20-32(40-28(31)14-10-23(3)21-30(36)37)18-16-25(5)27(39-32)13-9-22(2)8-12-26(33)24(4)11-15-29(34)35/h8-12,14-15,21,24-28,33,38H,6-7,13,16-20H2,1-5H3,(H,34,35)(H,36,37)/b12-8+,14-10+,15-11+,22-9+,23-21+. The van der Waals surface area contributed by atoms with Gasteiger partial charge in [-0.3, -0.25) is 0 Å². The fourth-order valence-corrected chi connectivity index (χ4v) is 5.18. The molecule has 8 nitrogen and oxygen atoms in total. The van der Waals surface area contributed by atoms with Crippen molar-refractivity contribution in [1.82, 2.24) is 0 Å². The Balaban J connectivity index is 2.13. The number of hydrogen-bond donors (Lipinski definition) is 4. The van der Waals surface area contributed by atoms with E-state index in [1.165, 1.54) is 6.08 Å².